The molecule has 0 saturated heterocycles. The first kappa shape index (κ1) is 17.8. The van der Waals surface area contributed by atoms with Gasteiger partial charge in [0.05, 0.1) is 16.8 Å². The molecule has 6 heteroatoms. The Bertz CT molecular complexity index is 892. The molecule has 3 amide bonds. The van der Waals surface area contributed by atoms with Crippen molar-refractivity contribution in [2.45, 2.75) is 29.9 Å². The van der Waals surface area contributed by atoms with Crippen LogP contribution in [0, 0.1) is 0 Å². The second-order valence-corrected chi connectivity index (χ2v) is 8.27. The molecule has 0 fully saturated rings. The number of hydrogen-bond acceptors (Lipinski definition) is 4. The molecule has 2 aliphatic heterocycles. The lowest BCUT2D eigenvalue weighted by Gasteiger charge is -2.23. The number of fused-ring (bicyclic) bond motifs is 2. The molecule has 0 radical (unpaired) electrons. The van der Waals surface area contributed by atoms with Crippen molar-refractivity contribution in [3.05, 3.63) is 59.7 Å². The van der Waals surface area contributed by atoms with Gasteiger partial charge in [0.2, 0.25) is 5.91 Å². The zero-order valence-electron chi connectivity index (χ0n) is 15.1. The van der Waals surface area contributed by atoms with Crippen LogP contribution in [0.1, 0.15) is 40.5 Å². The van der Waals surface area contributed by atoms with E-state index in [0.29, 0.717) is 22.9 Å². The van der Waals surface area contributed by atoms with E-state index in [9.17, 15) is 14.4 Å². The van der Waals surface area contributed by atoms with Gasteiger partial charge in [0.25, 0.3) is 11.8 Å². The maximum absolute atomic E-state index is 12.9. The number of para-hydroxylation sites is 1. The molecule has 2 heterocycles. The van der Waals surface area contributed by atoms with Crippen LogP contribution >= 0.6 is 11.8 Å². The van der Waals surface area contributed by atoms with Gasteiger partial charge >= 0.3 is 0 Å². The van der Waals surface area contributed by atoms with Gasteiger partial charge in [0.1, 0.15) is 0 Å². The van der Waals surface area contributed by atoms with Gasteiger partial charge in [-0.15, -0.1) is 11.8 Å². The molecule has 0 saturated carbocycles. The second-order valence-electron chi connectivity index (χ2n) is 6.79. The normalized spacial score (nSPS) is 18.9. The largest absolute Gasteiger partial charge is 0.311 e. The fraction of sp³-hybridized carbons (Fsp3) is 0.286. The Kier molecular flexibility index (Phi) is 4.74. The minimum absolute atomic E-state index is 0.0614. The summed E-state index contributed by atoms with van der Waals surface area (Å²) in [5.74, 6) is -0.693. The van der Waals surface area contributed by atoms with Crippen LogP contribution in [0.15, 0.2) is 53.4 Å². The Morgan fingerprint density at radius 2 is 1.67 bits per heavy atom. The Morgan fingerprint density at radius 1 is 1.04 bits per heavy atom. The predicted molar refractivity (Wildman–Crippen MR) is 105 cm³/mol. The fourth-order valence-corrected chi connectivity index (χ4v) is 4.64. The number of rotatable bonds is 3. The summed E-state index contributed by atoms with van der Waals surface area (Å²) in [7, 11) is 0. The fourth-order valence-electron chi connectivity index (χ4n) is 3.53. The molecular weight excluding hydrogens is 360 g/mol. The molecule has 27 heavy (non-hydrogen) atoms. The number of hydrogen-bond donors (Lipinski definition) is 0. The number of amides is 3. The van der Waals surface area contributed by atoms with Crippen molar-refractivity contribution in [3.63, 3.8) is 0 Å². The van der Waals surface area contributed by atoms with Crippen LogP contribution in [0.5, 0.6) is 0 Å². The average molecular weight is 380 g/mol. The summed E-state index contributed by atoms with van der Waals surface area (Å²) in [5.41, 5.74) is 1.75. The van der Waals surface area contributed by atoms with Gasteiger partial charge < -0.3 is 4.90 Å². The molecule has 0 N–H and O–H groups in total. The van der Waals surface area contributed by atoms with Crippen LogP contribution in [-0.4, -0.2) is 41.0 Å². The Balaban J connectivity index is 1.49. The molecule has 0 aliphatic carbocycles. The Labute approximate surface area is 162 Å². The topological polar surface area (TPSA) is 57.7 Å². The number of imide groups is 1. The molecule has 5 nitrogen and oxygen atoms in total. The van der Waals surface area contributed by atoms with Crippen molar-refractivity contribution in [1.82, 2.24) is 4.90 Å². The number of benzene rings is 2. The molecular formula is C21H20N2O3S. The summed E-state index contributed by atoms with van der Waals surface area (Å²) in [6.07, 6.45) is 1.02. The molecule has 4 rings (SSSR count). The van der Waals surface area contributed by atoms with Gasteiger partial charge in [-0.1, -0.05) is 31.2 Å². The summed E-state index contributed by atoms with van der Waals surface area (Å²) in [5, 5.41) is 0.431. The predicted octanol–water partition coefficient (Wildman–Crippen LogP) is 3.59. The van der Waals surface area contributed by atoms with Crippen LogP contribution in [-0.2, 0) is 4.79 Å². The minimum Gasteiger partial charge on any atom is -0.311 e. The summed E-state index contributed by atoms with van der Waals surface area (Å²) in [4.78, 5) is 41.9. The molecule has 2 aliphatic rings. The molecule has 0 spiro atoms. The minimum atomic E-state index is -0.316. The van der Waals surface area contributed by atoms with Gasteiger partial charge in [-0.2, -0.15) is 0 Å². The van der Waals surface area contributed by atoms with E-state index in [1.165, 1.54) is 4.90 Å². The van der Waals surface area contributed by atoms with Crippen molar-refractivity contribution in [1.29, 1.82) is 0 Å². The molecule has 0 aromatic heterocycles. The highest BCUT2D eigenvalue weighted by Crippen LogP contribution is 2.37. The lowest BCUT2D eigenvalue weighted by atomic mass is 10.1. The lowest BCUT2D eigenvalue weighted by Crippen LogP contribution is -2.37. The first-order valence-corrected chi connectivity index (χ1v) is 9.95. The van der Waals surface area contributed by atoms with Crippen LogP contribution < -0.4 is 4.90 Å². The highest BCUT2D eigenvalue weighted by molar-refractivity contribution is 8.00. The van der Waals surface area contributed by atoms with E-state index in [2.05, 4.69) is 6.92 Å². The van der Waals surface area contributed by atoms with Crippen molar-refractivity contribution < 1.29 is 14.4 Å². The average Bonchev–Trinajstić information content (AvgIpc) is 2.81. The highest BCUT2D eigenvalue weighted by Gasteiger charge is 2.35. The summed E-state index contributed by atoms with van der Waals surface area (Å²) in [6.45, 7) is 2.91. The van der Waals surface area contributed by atoms with E-state index >= 15 is 0 Å². The monoisotopic (exact) mass is 380 g/mol. The van der Waals surface area contributed by atoms with Crippen molar-refractivity contribution >= 4 is 35.2 Å². The summed E-state index contributed by atoms with van der Waals surface area (Å²) < 4.78 is 0. The van der Waals surface area contributed by atoms with Crippen molar-refractivity contribution in [2.24, 2.45) is 0 Å². The zero-order chi connectivity index (χ0) is 19.0. The summed E-state index contributed by atoms with van der Waals surface area (Å²) >= 11 is 1.78. The third-order valence-corrected chi connectivity index (χ3v) is 6.21. The standard InChI is InChI=1S/C21H20N2O3S/c1-14-10-12-22(17-8-4-5-9-18(17)27-14)19(24)11-13-23-20(25)15-6-2-3-7-16(15)21(23)26/h2-9,14H,10-13H2,1H3/t14-/m1/s1. The number of carbonyl (C=O) groups excluding carboxylic acids is 3. The van der Waals surface area contributed by atoms with E-state index < -0.39 is 0 Å². The van der Waals surface area contributed by atoms with Crippen LogP contribution in [0.3, 0.4) is 0 Å². The number of nitrogens with zero attached hydrogens (tertiary/aromatic N) is 2. The number of thioether (sulfide) groups is 1. The first-order valence-electron chi connectivity index (χ1n) is 9.07. The van der Waals surface area contributed by atoms with Gasteiger partial charge in [-0.3, -0.25) is 19.3 Å². The van der Waals surface area contributed by atoms with E-state index in [1.54, 1.807) is 40.9 Å². The third kappa shape index (κ3) is 3.25. The quantitative estimate of drug-likeness (QED) is 0.764. The SMILES string of the molecule is C[C@@H]1CCN(C(=O)CCN2C(=O)c3ccccc3C2=O)c2ccccc2S1. The number of anilines is 1. The maximum atomic E-state index is 12.9. The molecule has 2 aromatic rings. The molecule has 0 bridgehead atoms. The van der Waals surface area contributed by atoms with Crippen LogP contribution in [0.4, 0.5) is 5.69 Å². The first-order chi connectivity index (χ1) is 13.1. The summed E-state index contributed by atoms with van der Waals surface area (Å²) in [6, 6.07) is 14.7. The highest BCUT2D eigenvalue weighted by atomic mass is 32.2. The van der Waals surface area contributed by atoms with Crippen molar-refractivity contribution in [3.8, 4) is 0 Å². The molecule has 0 unspecified atom stereocenters. The Morgan fingerprint density at radius 3 is 2.37 bits per heavy atom. The van der Waals surface area contributed by atoms with E-state index in [0.717, 1.165) is 17.0 Å². The maximum Gasteiger partial charge on any atom is 0.261 e. The zero-order valence-corrected chi connectivity index (χ0v) is 15.9. The molecule has 2 aromatic carbocycles. The Hall–Kier alpha value is -2.60. The van der Waals surface area contributed by atoms with E-state index in [1.807, 2.05) is 24.3 Å². The molecule has 138 valence electrons. The second kappa shape index (κ2) is 7.19. The smallest absolute Gasteiger partial charge is 0.261 e. The van der Waals surface area contributed by atoms with E-state index in [4.69, 9.17) is 0 Å². The van der Waals surface area contributed by atoms with Gasteiger partial charge in [0, 0.05) is 29.7 Å². The van der Waals surface area contributed by atoms with Crippen LogP contribution in [0.2, 0.25) is 0 Å². The lowest BCUT2D eigenvalue weighted by molar-refractivity contribution is -0.118. The van der Waals surface area contributed by atoms with Gasteiger partial charge in [0.15, 0.2) is 0 Å². The van der Waals surface area contributed by atoms with Crippen LogP contribution in [0.25, 0.3) is 0 Å². The van der Waals surface area contributed by atoms with E-state index in [-0.39, 0.29) is 30.7 Å². The third-order valence-electron chi connectivity index (χ3n) is 4.97. The van der Waals surface area contributed by atoms with Crippen molar-refractivity contribution in [2.75, 3.05) is 18.0 Å². The van der Waals surface area contributed by atoms with Gasteiger partial charge in [-0.25, -0.2) is 0 Å². The number of carbonyl (C=O) groups is 3. The van der Waals surface area contributed by atoms with Gasteiger partial charge in [-0.05, 0) is 30.7 Å². The molecule has 1 atom stereocenters.